The van der Waals surface area contributed by atoms with Crippen molar-refractivity contribution in [1.82, 2.24) is 29.7 Å². The van der Waals surface area contributed by atoms with Gasteiger partial charge in [-0.15, -0.1) is 0 Å². The average Bonchev–Trinajstić information content (AvgIpc) is 4.10. The summed E-state index contributed by atoms with van der Waals surface area (Å²) in [4.78, 5) is 58.1. The van der Waals surface area contributed by atoms with Crippen LogP contribution in [0.15, 0.2) is 50.2 Å². The molecule has 0 atom stereocenters. The number of fused-ring (bicyclic) bond motifs is 1. The van der Waals surface area contributed by atoms with Gasteiger partial charge in [0.25, 0.3) is 5.91 Å². The fourth-order valence-corrected chi connectivity index (χ4v) is 9.45. The van der Waals surface area contributed by atoms with Crippen LogP contribution in [0.25, 0.3) is 0 Å². The van der Waals surface area contributed by atoms with E-state index in [4.69, 9.17) is 40.6 Å². The second kappa shape index (κ2) is 25.0. The first-order chi connectivity index (χ1) is 34.6. The number of carbonyl (C=O) groups excluding carboxylic acids is 5. The maximum atomic E-state index is 11.8. The Balaban J connectivity index is 0.000000178. The van der Waals surface area contributed by atoms with E-state index in [0.29, 0.717) is 49.5 Å². The van der Waals surface area contributed by atoms with Crippen molar-refractivity contribution in [2.45, 2.75) is 137 Å². The molecule has 0 aromatic carbocycles. The fraction of sp³-hybridized carbons (Fsp3) is 0.673. The lowest BCUT2D eigenvalue weighted by molar-refractivity contribution is 0.0499. The van der Waals surface area contributed by atoms with Crippen LogP contribution in [0.4, 0.5) is 9.59 Å². The van der Waals surface area contributed by atoms with E-state index in [0.717, 1.165) is 90.1 Å². The van der Waals surface area contributed by atoms with Crippen molar-refractivity contribution in [2.24, 2.45) is 38.5 Å². The van der Waals surface area contributed by atoms with Gasteiger partial charge in [0.2, 0.25) is 0 Å². The molecule has 0 bridgehead atoms. The van der Waals surface area contributed by atoms with Gasteiger partial charge in [0, 0.05) is 112 Å². The monoisotopic (exact) mass is 1230 g/mol. The summed E-state index contributed by atoms with van der Waals surface area (Å²) in [7, 11) is 2.76. The average molecular weight is 1230 g/mol. The lowest BCUT2D eigenvalue weighted by Crippen LogP contribution is -2.37. The third-order valence-corrected chi connectivity index (χ3v) is 15.4. The van der Waals surface area contributed by atoms with Crippen molar-refractivity contribution in [3.63, 3.8) is 0 Å². The number of carbonyl (C=O) groups is 5. The van der Waals surface area contributed by atoms with Crippen LogP contribution in [0, 0.1) is 27.1 Å². The molecule has 9 N–H and O–H groups in total. The highest BCUT2D eigenvalue weighted by Gasteiger charge is 2.46. The van der Waals surface area contributed by atoms with Gasteiger partial charge in [-0.2, -0.15) is 0 Å². The quantitative estimate of drug-likeness (QED) is 0.0599. The van der Waals surface area contributed by atoms with Crippen LogP contribution >= 0.6 is 47.8 Å². The molecular formula is C52H79Br3N8O11. The molecule has 5 aliphatic carbocycles. The Kier molecular flexibility index (Phi) is 20.6. The van der Waals surface area contributed by atoms with Gasteiger partial charge in [-0.1, -0.05) is 0 Å². The number of methoxy groups -OCH3 is 2. The van der Waals surface area contributed by atoms with Gasteiger partial charge in [0.15, 0.2) is 0 Å². The van der Waals surface area contributed by atoms with Crippen molar-refractivity contribution in [2.75, 3.05) is 60.2 Å². The third kappa shape index (κ3) is 18.7. The molecule has 74 heavy (non-hydrogen) atoms. The van der Waals surface area contributed by atoms with Gasteiger partial charge >= 0.3 is 24.1 Å². The standard InChI is InChI=1S/C16H23BrN2O4.C11H15BrN2O2.C10H11BrN2O.C10H19NO3.C5H11NO/c1-15(2,3)23-14(21)18-9-16(5-6-16)10-19-8-11(17)7-12(19)13(20)22-4;1-16-10(15)9-4-8(12)5-14(9)7-11(6-13)2-3-11;11-7-3-8-9(14)12-5-10(1-2-10)6-13(8)4-7;1-9(2,3)14-8(13)11-6-10(7-12)4-5-10;6-3-5(4-7)1-2-5/h7-8H,5-6,9-10H2,1-4H3,(H,18,21);4-5H,2-3,6-7,13H2,1H3;3-4H,1-2,5-6H2,(H,12,14);12H,4-7H2,1-3H3,(H,11,13);7H,1-4,6H2. The van der Waals surface area contributed by atoms with Gasteiger partial charge in [0.05, 0.1) is 20.8 Å². The summed E-state index contributed by atoms with van der Waals surface area (Å²) in [6, 6.07) is 5.40. The summed E-state index contributed by atoms with van der Waals surface area (Å²) in [5, 5.41) is 26.1. The van der Waals surface area contributed by atoms with Crippen LogP contribution in [0.5, 0.6) is 0 Å². The molecule has 19 nitrogen and oxygen atoms in total. The molecule has 0 unspecified atom stereocenters. The molecule has 9 rings (SSSR count). The number of nitrogens with two attached hydrogens (primary N) is 2. The number of nitrogens with one attached hydrogen (secondary N) is 3. The summed E-state index contributed by atoms with van der Waals surface area (Å²) >= 11 is 10.2. The molecule has 1 spiro atoms. The normalized spacial score (nSPS) is 18.9. The smallest absolute Gasteiger partial charge is 0.407 e. The van der Waals surface area contributed by atoms with Crippen LogP contribution < -0.4 is 27.4 Å². The highest BCUT2D eigenvalue weighted by Crippen LogP contribution is 2.49. The molecule has 1 aliphatic heterocycles. The zero-order valence-electron chi connectivity index (χ0n) is 44.3. The van der Waals surface area contributed by atoms with Crippen LogP contribution in [0.1, 0.15) is 137 Å². The SMILES string of the molecule is CC(C)(C)OC(=O)NCC1(CO)CC1.COC(=O)c1cc(Br)cn1CC1(CN)CC1.COC(=O)c1cc(Br)cn1CC1(CNC(=O)OC(C)(C)C)CC1.NCC1(CO)CC1.O=C1NCC2(CC2)Cn2cc(Br)cc21. The molecule has 414 valence electrons. The molecule has 3 aromatic heterocycles. The predicted octanol–water partition coefficient (Wildman–Crippen LogP) is 7.89. The molecule has 22 heteroatoms. The summed E-state index contributed by atoms with van der Waals surface area (Å²) in [5.41, 5.74) is 12.6. The van der Waals surface area contributed by atoms with Crippen LogP contribution in [-0.4, -0.2) is 125 Å². The number of rotatable bonds is 14. The Hall–Kier alpha value is -3.93. The minimum atomic E-state index is -0.510. The highest BCUT2D eigenvalue weighted by atomic mass is 79.9. The summed E-state index contributed by atoms with van der Waals surface area (Å²) in [6.45, 7) is 17.0. The van der Waals surface area contributed by atoms with Crippen LogP contribution in [-0.2, 0) is 38.6 Å². The molecule has 3 aromatic rings. The number of nitrogens with zero attached hydrogens (tertiary/aromatic N) is 3. The lowest BCUT2D eigenvalue weighted by atomic mass is 10.1. The maximum Gasteiger partial charge on any atom is 0.407 e. The van der Waals surface area contributed by atoms with E-state index in [1.165, 1.54) is 27.1 Å². The summed E-state index contributed by atoms with van der Waals surface area (Å²) < 4.78 is 28.5. The third-order valence-electron chi connectivity index (χ3n) is 14.1. The van der Waals surface area contributed by atoms with Gasteiger partial charge in [-0.05, 0) is 178 Å². The number of aliphatic hydroxyl groups excluding tert-OH is 2. The Labute approximate surface area is 460 Å². The fourth-order valence-electron chi connectivity index (χ4n) is 8.06. The Morgan fingerprint density at radius 3 is 1.39 bits per heavy atom. The molecule has 6 aliphatic rings. The van der Waals surface area contributed by atoms with Gasteiger partial charge in [0.1, 0.15) is 28.3 Å². The van der Waals surface area contributed by atoms with E-state index in [2.05, 4.69) is 68.3 Å². The van der Waals surface area contributed by atoms with Crippen molar-refractivity contribution in [3.05, 3.63) is 67.3 Å². The summed E-state index contributed by atoms with van der Waals surface area (Å²) in [6.07, 6.45) is 15.9. The molecular weight excluding hydrogens is 1150 g/mol. The zero-order chi connectivity index (χ0) is 54.9. The Morgan fingerprint density at radius 2 is 1.04 bits per heavy atom. The van der Waals surface area contributed by atoms with Crippen molar-refractivity contribution < 1.29 is 53.1 Å². The molecule has 4 heterocycles. The number of halogens is 3. The van der Waals surface area contributed by atoms with Crippen LogP contribution in [0.3, 0.4) is 0 Å². The molecule has 0 radical (unpaired) electrons. The van der Waals surface area contributed by atoms with Crippen molar-refractivity contribution >= 4 is 77.8 Å². The largest absolute Gasteiger partial charge is 0.464 e. The van der Waals surface area contributed by atoms with E-state index in [1.54, 1.807) is 12.1 Å². The number of ether oxygens (including phenoxy) is 4. The minimum Gasteiger partial charge on any atom is -0.464 e. The van der Waals surface area contributed by atoms with E-state index < -0.39 is 23.4 Å². The van der Waals surface area contributed by atoms with Crippen molar-refractivity contribution in [3.8, 4) is 0 Å². The first kappa shape index (κ1) is 60.9. The number of alkyl carbamates (subject to hydrolysis) is 2. The van der Waals surface area contributed by atoms with Crippen LogP contribution in [0.2, 0.25) is 0 Å². The summed E-state index contributed by atoms with van der Waals surface area (Å²) in [5.74, 6) is -0.621. The number of amides is 3. The number of aromatic nitrogens is 3. The number of hydrogen-bond donors (Lipinski definition) is 7. The predicted molar refractivity (Wildman–Crippen MR) is 290 cm³/mol. The topological polar surface area (TPSA) is 266 Å². The highest BCUT2D eigenvalue weighted by molar-refractivity contribution is 9.11. The zero-order valence-corrected chi connectivity index (χ0v) is 49.1. The van der Waals surface area contributed by atoms with E-state index >= 15 is 0 Å². The van der Waals surface area contributed by atoms with Gasteiger partial charge in [-0.25, -0.2) is 19.2 Å². The molecule has 5 saturated carbocycles. The van der Waals surface area contributed by atoms with Crippen molar-refractivity contribution in [1.29, 1.82) is 0 Å². The van der Waals surface area contributed by atoms with E-state index in [9.17, 15) is 24.0 Å². The second-order valence-corrected chi connectivity index (χ2v) is 25.9. The molecule has 3 amide bonds. The van der Waals surface area contributed by atoms with E-state index in [1.807, 2.05) is 75.3 Å². The Morgan fingerprint density at radius 1 is 0.635 bits per heavy atom. The molecule has 0 saturated heterocycles. The second-order valence-electron chi connectivity index (χ2n) is 23.1. The van der Waals surface area contributed by atoms with E-state index in [-0.39, 0.29) is 52.7 Å². The Bertz CT molecular complexity index is 2410. The first-order valence-corrected chi connectivity index (χ1v) is 27.6. The lowest BCUT2D eigenvalue weighted by Gasteiger charge is -2.22. The number of esters is 2. The first-order valence-electron chi connectivity index (χ1n) is 25.2. The van der Waals surface area contributed by atoms with Gasteiger partial charge < -0.3 is 70.3 Å². The minimum absolute atomic E-state index is 0.0296. The number of aliphatic hydroxyl groups is 2. The number of hydrogen-bond acceptors (Lipinski definition) is 13. The maximum absolute atomic E-state index is 11.8. The van der Waals surface area contributed by atoms with Gasteiger partial charge in [-0.3, -0.25) is 4.79 Å². The molecule has 5 fully saturated rings.